The Labute approximate surface area is 90.4 Å². The zero-order chi connectivity index (χ0) is 11.1. The number of hydrogen-bond donors (Lipinski definition) is 2. The van der Waals surface area contributed by atoms with Crippen LogP contribution in [0.15, 0.2) is 24.7 Å². The number of hydrogen-bond acceptors (Lipinski definition) is 5. The Morgan fingerprint density at radius 3 is 3.19 bits per heavy atom. The van der Waals surface area contributed by atoms with Gasteiger partial charge in [-0.1, -0.05) is 12.1 Å². The van der Waals surface area contributed by atoms with Crippen LogP contribution in [-0.4, -0.2) is 15.9 Å². The average Bonchev–Trinajstić information content (AvgIpc) is 2.73. The molecule has 2 heterocycles. The Hall–Kier alpha value is -2.21. The molecule has 1 aliphatic heterocycles. The molecule has 1 aromatic heterocycles. The Balaban J connectivity index is 2.26. The fourth-order valence-corrected chi connectivity index (χ4v) is 1.79. The molecule has 1 atom stereocenters. The standard InChI is InChI=1S/C10H8N4O2/c11-10(15)9-6-2-1-5-3-12-4-13-7(5)8(6)14-16-9/h1-4,9,14H,(H2,11,15). The van der Waals surface area contributed by atoms with E-state index in [1.54, 1.807) is 12.3 Å². The Bertz CT molecular complexity index is 584. The van der Waals surface area contributed by atoms with Crippen molar-refractivity contribution < 1.29 is 9.63 Å². The van der Waals surface area contributed by atoms with Crippen LogP contribution >= 0.6 is 0 Å². The first-order valence-electron chi connectivity index (χ1n) is 4.71. The number of benzene rings is 1. The zero-order valence-electron chi connectivity index (χ0n) is 8.18. The van der Waals surface area contributed by atoms with Gasteiger partial charge in [-0.05, 0) is 0 Å². The number of amides is 1. The summed E-state index contributed by atoms with van der Waals surface area (Å²) in [5.41, 5.74) is 10.0. The van der Waals surface area contributed by atoms with E-state index in [1.807, 2.05) is 6.07 Å². The summed E-state index contributed by atoms with van der Waals surface area (Å²) in [6, 6.07) is 3.62. The lowest BCUT2D eigenvalue weighted by Crippen LogP contribution is -2.21. The molecule has 1 unspecified atom stereocenters. The highest BCUT2D eigenvalue weighted by Gasteiger charge is 2.30. The lowest BCUT2D eigenvalue weighted by atomic mass is 10.1. The average molecular weight is 216 g/mol. The minimum atomic E-state index is -0.755. The number of nitrogens with two attached hydrogens (primary N) is 1. The fraction of sp³-hybridized carbons (Fsp3) is 0.100. The maximum Gasteiger partial charge on any atom is 0.254 e. The number of primary amides is 1. The number of nitrogens with one attached hydrogen (secondary N) is 1. The molecular formula is C10H8N4O2. The van der Waals surface area contributed by atoms with Crippen LogP contribution in [0.2, 0.25) is 0 Å². The summed E-state index contributed by atoms with van der Waals surface area (Å²) in [6.07, 6.45) is 2.39. The second-order valence-electron chi connectivity index (χ2n) is 3.49. The summed E-state index contributed by atoms with van der Waals surface area (Å²) < 4.78 is 0. The van der Waals surface area contributed by atoms with Gasteiger partial charge in [-0.25, -0.2) is 9.97 Å². The van der Waals surface area contributed by atoms with E-state index < -0.39 is 12.0 Å². The Kier molecular flexibility index (Phi) is 1.78. The van der Waals surface area contributed by atoms with E-state index in [0.29, 0.717) is 11.3 Å². The third kappa shape index (κ3) is 1.13. The molecule has 1 amide bonds. The Morgan fingerprint density at radius 1 is 1.50 bits per heavy atom. The zero-order valence-corrected chi connectivity index (χ0v) is 8.18. The van der Waals surface area contributed by atoms with Gasteiger partial charge in [-0.15, -0.1) is 0 Å². The third-order valence-electron chi connectivity index (χ3n) is 2.53. The van der Waals surface area contributed by atoms with Gasteiger partial charge in [0.25, 0.3) is 5.91 Å². The number of carbonyl (C=O) groups excluding carboxylic acids is 1. The van der Waals surface area contributed by atoms with E-state index >= 15 is 0 Å². The molecule has 1 aliphatic rings. The monoisotopic (exact) mass is 216 g/mol. The molecule has 0 saturated heterocycles. The first-order chi connectivity index (χ1) is 7.77. The molecule has 0 aliphatic carbocycles. The van der Waals surface area contributed by atoms with Gasteiger partial charge in [0.1, 0.15) is 6.33 Å². The molecule has 6 heteroatoms. The van der Waals surface area contributed by atoms with Gasteiger partial charge in [0, 0.05) is 17.1 Å². The number of aromatic nitrogens is 2. The predicted molar refractivity (Wildman–Crippen MR) is 56.2 cm³/mol. The third-order valence-corrected chi connectivity index (χ3v) is 2.53. The van der Waals surface area contributed by atoms with Gasteiger partial charge in [-0.2, -0.15) is 0 Å². The second kappa shape index (κ2) is 3.14. The summed E-state index contributed by atoms with van der Waals surface area (Å²) in [7, 11) is 0. The van der Waals surface area contributed by atoms with E-state index in [-0.39, 0.29) is 0 Å². The molecule has 6 nitrogen and oxygen atoms in total. The Morgan fingerprint density at radius 2 is 2.38 bits per heavy atom. The molecule has 1 aromatic carbocycles. The van der Waals surface area contributed by atoms with Gasteiger partial charge in [0.2, 0.25) is 0 Å². The van der Waals surface area contributed by atoms with Crippen LogP contribution in [0.3, 0.4) is 0 Å². The van der Waals surface area contributed by atoms with Crippen LogP contribution in [0.4, 0.5) is 5.69 Å². The molecule has 0 saturated carbocycles. The van der Waals surface area contributed by atoms with E-state index in [4.69, 9.17) is 10.6 Å². The van der Waals surface area contributed by atoms with Crippen LogP contribution in [-0.2, 0) is 9.63 Å². The van der Waals surface area contributed by atoms with Crippen molar-refractivity contribution in [2.75, 3.05) is 5.48 Å². The van der Waals surface area contributed by atoms with E-state index in [1.165, 1.54) is 6.33 Å². The normalized spacial score (nSPS) is 18.1. The second-order valence-corrected chi connectivity index (χ2v) is 3.49. The fourth-order valence-electron chi connectivity index (χ4n) is 1.79. The summed E-state index contributed by atoms with van der Waals surface area (Å²) >= 11 is 0. The number of anilines is 1. The van der Waals surface area contributed by atoms with Gasteiger partial charge < -0.3 is 5.73 Å². The molecule has 0 spiro atoms. The lowest BCUT2D eigenvalue weighted by molar-refractivity contribution is -0.127. The van der Waals surface area contributed by atoms with Gasteiger partial charge >= 0.3 is 0 Å². The van der Waals surface area contributed by atoms with Crippen molar-refractivity contribution in [1.29, 1.82) is 0 Å². The molecular weight excluding hydrogens is 208 g/mol. The SMILES string of the molecule is NC(=O)C1ONc2c1ccc1cncnc21. The van der Waals surface area contributed by atoms with Crippen molar-refractivity contribution in [2.24, 2.45) is 5.73 Å². The smallest absolute Gasteiger partial charge is 0.254 e. The van der Waals surface area contributed by atoms with Gasteiger partial charge in [0.15, 0.2) is 6.10 Å². The number of fused-ring (bicyclic) bond motifs is 3. The van der Waals surface area contributed by atoms with Crippen LogP contribution in [0.25, 0.3) is 10.9 Å². The van der Waals surface area contributed by atoms with E-state index in [0.717, 1.165) is 10.9 Å². The molecule has 0 bridgehead atoms. The number of rotatable bonds is 1. The van der Waals surface area contributed by atoms with Gasteiger partial charge in [-0.3, -0.25) is 15.1 Å². The highest BCUT2D eigenvalue weighted by Crippen LogP contribution is 2.36. The molecule has 0 radical (unpaired) electrons. The molecule has 0 fully saturated rings. The van der Waals surface area contributed by atoms with Crippen LogP contribution < -0.4 is 11.2 Å². The minimum absolute atomic E-state index is 0.528. The summed E-state index contributed by atoms with van der Waals surface area (Å²) in [6.45, 7) is 0. The van der Waals surface area contributed by atoms with Crippen molar-refractivity contribution >= 4 is 22.5 Å². The largest absolute Gasteiger partial charge is 0.367 e. The van der Waals surface area contributed by atoms with Crippen molar-refractivity contribution in [3.63, 3.8) is 0 Å². The first-order valence-corrected chi connectivity index (χ1v) is 4.71. The quantitative estimate of drug-likeness (QED) is 0.725. The summed E-state index contributed by atoms with van der Waals surface area (Å²) in [4.78, 5) is 24.3. The van der Waals surface area contributed by atoms with Crippen LogP contribution in [0.1, 0.15) is 11.7 Å². The summed E-state index contributed by atoms with van der Waals surface area (Å²) in [5, 5.41) is 0.877. The van der Waals surface area contributed by atoms with Crippen LogP contribution in [0.5, 0.6) is 0 Å². The lowest BCUT2D eigenvalue weighted by Gasteiger charge is -2.03. The van der Waals surface area contributed by atoms with Crippen LogP contribution in [0, 0.1) is 0 Å². The molecule has 3 rings (SSSR count). The molecule has 2 aromatic rings. The maximum absolute atomic E-state index is 11.1. The van der Waals surface area contributed by atoms with Gasteiger partial charge in [0.05, 0.1) is 11.2 Å². The molecule has 16 heavy (non-hydrogen) atoms. The highest BCUT2D eigenvalue weighted by atomic mass is 16.7. The predicted octanol–water partition coefficient (Wildman–Crippen LogP) is 0.513. The topological polar surface area (TPSA) is 90.1 Å². The number of nitrogens with zero attached hydrogens (tertiary/aromatic N) is 2. The highest BCUT2D eigenvalue weighted by molar-refractivity contribution is 5.95. The van der Waals surface area contributed by atoms with Crippen molar-refractivity contribution in [2.45, 2.75) is 6.10 Å². The first kappa shape index (κ1) is 9.05. The van der Waals surface area contributed by atoms with E-state index in [9.17, 15) is 4.79 Å². The maximum atomic E-state index is 11.1. The van der Waals surface area contributed by atoms with Crippen molar-refractivity contribution in [3.05, 3.63) is 30.2 Å². The van der Waals surface area contributed by atoms with E-state index in [2.05, 4.69) is 15.4 Å². The van der Waals surface area contributed by atoms with Crippen molar-refractivity contribution in [1.82, 2.24) is 9.97 Å². The molecule has 3 N–H and O–H groups in total. The number of carbonyl (C=O) groups is 1. The van der Waals surface area contributed by atoms with Crippen molar-refractivity contribution in [3.8, 4) is 0 Å². The minimum Gasteiger partial charge on any atom is -0.367 e. The summed E-state index contributed by atoms with van der Waals surface area (Å²) in [5.74, 6) is -0.528. The molecule has 80 valence electrons.